The molecule has 1 aliphatic heterocycles. The second-order valence-corrected chi connectivity index (χ2v) is 4.54. The zero-order chi connectivity index (χ0) is 13.2. The van der Waals surface area contributed by atoms with Gasteiger partial charge in [-0.05, 0) is 31.0 Å². The molecular formula is C13H17N3O2. The summed E-state index contributed by atoms with van der Waals surface area (Å²) < 4.78 is 4.53. The fourth-order valence-electron chi connectivity index (χ4n) is 2.09. The molecule has 0 bridgehead atoms. The first-order chi connectivity index (χ1) is 8.56. The molecule has 5 heteroatoms. The van der Waals surface area contributed by atoms with Crippen molar-refractivity contribution in [2.75, 3.05) is 19.0 Å². The Kier molecular flexibility index (Phi) is 3.23. The monoisotopic (exact) mass is 247 g/mol. The Hall–Kier alpha value is -2.04. The van der Waals surface area contributed by atoms with Crippen molar-refractivity contribution in [3.05, 3.63) is 29.8 Å². The van der Waals surface area contributed by atoms with E-state index in [1.807, 2.05) is 24.3 Å². The number of amidine groups is 1. The third kappa shape index (κ3) is 2.16. The Bertz CT molecular complexity index is 482. The predicted octanol–water partition coefficient (Wildman–Crippen LogP) is 1.88. The topological polar surface area (TPSA) is 76.7 Å². The van der Waals surface area contributed by atoms with E-state index in [9.17, 15) is 4.79 Å². The van der Waals surface area contributed by atoms with Gasteiger partial charge >= 0.3 is 6.09 Å². The predicted molar refractivity (Wildman–Crippen MR) is 70.9 cm³/mol. The van der Waals surface area contributed by atoms with Crippen molar-refractivity contribution in [2.24, 2.45) is 10.7 Å². The smallest absolute Gasteiger partial charge is 0.411 e. The summed E-state index contributed by atoms with van der Waals surface area (Å²) in [5.41, 5.74) is 7.56. The fourth-order valence-corrected chi connectivity index (χ4v) is 2.09. The summed E-state index contributed by atoms with van der Waals surface area (Å²) >= 11 is 0. The SMILES string of the molecule is COC(=O)Nc1ccc(C2(C)CCN=C2N)cc1. The third-order valence-electron chi connectivity index (χ3n) is 3.41. The van der Waals surface area contributed by atoms with E-state index in [2.05, 4.69) is 22.0 Å². The number of hydrogen-bond donors (Lipinski definition) is 2. The molecule has 1 aromatic rings. The van der Waals surface area contributed by atoms with Gasteiger partial charge < -0.3 is 10.5 Å². The molecule has 0 saturated heterocycles. The second-order valence-electron chi connectivity index (χ2n) is 4.54. The van der Waals surface area contributed by atoms with Crippen LogP contribution >= 0.6 is 0 Å². The minimum absolute atomic E-state index is 0.191. The molecule has 96 valence electrons. The molecule has 5 nitrogen and oxygen atoms in total. The summed E-state index contributed by atoms with van der Waals surface area (Å²) in [6.07, 6.45) is 0.443. The quantitative estimate of drug-likeness (QED) is 0.837. The van der Waals surface area contributed by atoms with E-state index >= 15 is 0 Å². The van der Waals surface area contributed by atoms with Crippen LogP contribution < -0.4 is 11.1 Å². The number of methoxy groups -OCH3 is 1. The van der Waals surface area contributed by atoms with Crippen LogP contribution in [-0.2, 0) is 10.2 Å². The number of rotatable bonds is 2. The van der Waals surface area contributed by atoms with Crippen molar-refractivity contribution in [1.82, 2.24) is 0 Å². The number of ether oxygens (including phenoxy) is 1. The van der Waals surface area contributed by atoms with E-state index in [1.165, 1.54) is 7.11 Å². The number of anilines is 1. The molecule has 0 fully saturated rings. The van der Waals surface area contributed by atoms with E-state index in [-0.39, 0.29) is 5.41 Å². The number of carbonyl (C=O) groups is 1. The average Bonchev–Trinajstić information content (AvgIpc) is 2.71. The highest BCUT2D eigenvalue weighted by molar-refractivity contribution is 5.93. The number of benzene rings is 1. The van der Waals surface area contributed by atoms with Crippen molar-refractivity contribution >= 4 is 17.6 Å². The van der Waals surface area contributed by atoms with Gasteiger partial charge in [0.15, 0.2) is 0 Å². The first kappa shape index (κ1) is 12.4. The molecule has 0 spiro atoms. The maximum absolute atomic E-state index is 11.1. The molecule has 0 aromatic heterocycles. The van der Waals surface area contributed by atoms with Gasteiger partial charge in [-0.2, -0.15) is 0 Å². The van der Waals surface area contributed by atoms with E-state index in [0.29, 0.717) is 11.5 Å². The summed E-state index contributed by atoms with van der Waals surface area (Å²) in [5, 5.41) is 2.61. The third-order valence-corrected chi connectivity index (χ3v) is 3.41. The van der Waals surface area contributed by atoms with Crippen molar-refractivity contribution in [3.63, 3.8) is 0 Å². The molecule has 2 rings (SSSR count). The first-order valence-electron chi connectivity index (χ1n) is 5.82. The highest BCUT2D eigenvalue weighted by Crippen LogP contribution is 2.32. The second kappa shape index (κ2) is 4.68. The lowest BCUT2D eigenvalue weighted by molar-refractivity contribution is 0.187. The van der Waals surface area contributed by atoms with E-state index in [0.717, 1.165) is 18.5 Å². The Labute approximate surface area is 106 Å². The van der Waals surface area contributed by atoms with Gasteiger partial charge in [0.2, 0.25) is 0 Å². The van der Waals surface area contributed by atoms with Gasteiger partial charge in [0.1, 0.15) is 5.84 Å². The maximum Gasteiger partial charge on any atom is 0.411 e. The molecule has 1 aromatic carbocycles. The van der Waals surface area contributed by atoms with Gasteiger partial charge in [0, 0.05) is 12.2 Å². The van der Waals surface area contributed by atoms with Gasteiger partial charge in [-0.3, -0.25) is 10.3 Å². The normalized spacial score (nSPS) is 22.4. The fraction of sp³-hybridized carbons (Fsp3) is 0.385. The lowest BCUT2D eigenvalue weighted by Gasteiger charge is -2.24. The highest BCUT2D eigenvalue weighted by Gasteiger charge is 2.34. The van der Waals surface area contributed by atoms with Crippen molar-refractivity contribution in [1.29, 1.82) is 0 Å². The number of nitrogens with zero attached hydrogens (tertiary/aromatic N) is 1. The molecule has 0 radical (unpaired) electrons. The minimum Gasteiger partial charge on any atom is -0.453 e. The lowest BCUT2D eigenvalue weighted by Crippen LogP contribution is -2.35. The Morgan fingerprint density at radius 1 is 1.44 bits per heavy atom. The van der Waals surface area contributed by atoms with E-state index in [4.69, 9.17) is 5.73 Å². The van der Waals surface area contributed by atoms with Crippen LogP contribution in [0.15, 0.2) is 29.3 Å². The van der Waals surface area contributed by atoms with Crippen molar-refractivity contribution < 1.29 is 9.53 Å². The van der Waals surface area contributed by atoms with Crippen molar-refractivity contribution in [3.8, 4) is 0 Å². The zero-order valence-corrected chi connectivity index (χ0v) is 10.6. The number of hydrogen-bond acceptors (Lipinski definition) is 4. The Morgan fingerprint density at radius 2 is 2.11 bits per heavy atom. The molecule has 1 heterocycles. The van der Waals surface area contributed by atoms with Gasteiger partial charge in [-0.25, -0.2) is 4.79 Å². The van der Waals surface area contributed by atoms with Gasteiger partial charge in [-0.1, -0.05) is 12.1 Å². The van der Waals surface area contributed by atoms with Crippen LogP contribution in [-0.4, -0.2) is 25.6 Å². The van der Waals surface area contributed by atoms with Crippen molar-refractivity contribution in [2.45, 2.75) is 18.8 Å². The molecule has 1 unspecified atom stereocenters. The minimum atomic E-state index is -0.476. The summed E-state index contributed by atoms with van der Waals surface area (Å²) in [6.45, 7) is 2.85. The van der Waals surface area contributed by atoms with Gasteiger partial charge in [-0.15, -0.1) is 0 Å². The molecule has 18 heavy (non-hydrogen) atoms. The molecule has 1 amide bonds. The van der Waals surface area contributed by atoms with E-state index in [1.54, 1.807) is 0 Å². The molecule has 0 aliphatic carbocycles. The largest absolute Gasteiger partial charge is 0.453 e. The summed E-state index contributed by atoms with van der Waals surface area (Å²) in [6, 6.07) is 7.59. The van der Waals surface area contributed by atoms with E-state index < -0.39 is 6.09 Å². The highest BCUT2D eigenvalue weighted by atomic mass is 16.5. The Morgan fingerprint density at radius 3 is 2.61 bits per heavy atom. The van der Waals surface area contributed by atoms with Gasteiger partial charge in [0.25, 0.3) is 0 Å². The molecular weight excluding hydrogens is 230 g/mol. The Balaban J connectivity index is 2.18. The number of nitrogens with one attached hydrogen (secondary N) is 1. The van der Waals surface area contributed by atoms with Crippen LogP contribution in [0.25, 0.3) is 0 Å². The van der Waals surface area contributed by atoms with Crippen LogP contribution in [0.3, 0.4) is 0 Å². The average molecular weight is 247 g/mol. The number of nitrogens with two attached hydrogens (primary N) is 1. The lowest BCUT2D eigenvalue weighted by atomic mass is 9.80. The first-order valence-corrected chi connectivity index (χ1v) is 5.82. The zero-order valence-electron chi connectivity index (χ0n) is 10.6. The maximum atomic E-state index is 11.1. The summed E-state index contributed by atoms with van der Waals surface area (Å²) in [4.78, 5) is 15.3. The summed E-state index contributed by atoms with van der Waals surface area (Å²) in [7, 11) is 1.33. The number of aliphatic imine (C=N–C) groups is 1. The van der Waals surface area contributed by atoms with Crippen LogP contribution in [0.4, 0.5) is 10.5 Å². The molecule has 0 saturated carbocycles. The number of carbonyl (C=O) groups excluding carboxylic acids is 1. The number of amides is 1. The van der Waals surface area contributed by atoms with Crippen LogP contribution in [0.1, 0.15) is 18.9 Å². The summed E-state index contributed by atoms with van der Waals surface area (Å²) in [5.74, 6) is 0.677. The molecule has 1 atom stereocenters. The van der Waals surface area contributed by atoms with Gasteiger partial charge in [0.05, 0.1) is 12.5 Å². The van der Waals surface area contributed by atoms with Crippen LogP contribution in [0.5, 0.6) is 0 Å². The van der Waals surface area contributed by atoms with Crippen LogP contribution in [0, 0.1) is 0 Å². The molecule has 3 N–H and O–H groups in total. The molecule has 1 aliphatic rings. The van der Waals surface area contributed by atoms with Crippen LogP contribution in [0.2, 0.25) is 0 Å². The standard InChI is InChI=1S/C13H17N3O2/c1-13(7-8-15-11(13)14)9-3-5-10(6-4-9)16-12(17)18-2/h3-6H,7-8H2,1-2H3,(H2,14,15)(H,16,17).